The van der Waals surface area contributed by atoms with Gasteiger partial charge in [0.25, 0.3) is 5.82 Å². The second-order valence-corrected chi connectivity index (χ2v) is 4.18. The van der Waals surface area contributed by atoms with E-state index in [1.54, 1.807) is 25.9 Å². The summed E-state index contributed by atoms with van der Waals surface area (Å²) in [5.74, 6) is 0.182. The molecule has 0 saturated heterocycles. The molecule has 0 spiro atoms. The van der Waals surface area contributed by atoms with Gasteiger partial charge in [-0.3, -0.25) is 0 Å². The zero-order valence-electron chi connectivity index (χ0n) is 11.9. The summed E-state index contributed by atoms with van der Waals surface area (Å²) in [7, 11) is 3.55. The number of esters is 1. The van der Waals surface area contributed by atoms with Crippen LogP contribution in [0.1, 0.15) is 23.4 Å². The monoisotopic (exact) mass is 293 g/mol. The molecule has 11 heteroatoms. The van der Waals surface area contributed by atoms with Crippen LogP contribution >= 0.6 is 0 Å². The van der Waals surface area contributed by atoms with E-state index in [1.165, 1.54) is 4.68 Å². The lowest BCUT2D eigenvalue weighted by Gasteiger charge is -2.11. The van der Waals surface area contributed by atoms with E-state index in [1.807, 2.05) is 0 Å². The summed E-state index contributed by atoms with van der Waals surface area (Å²) in [6.07, 6.45) is 0. The fourth-order valence-electron chi connectivity index (χ4n) is 1.48. The van der Waals surface area contributed by atoms with Crippen LogP contribution in [0.2, 0.25) is 0 Å². The van der Waals surface area contributed by atoms with Gasteiger partial charge in [0.05, 0.1) is 6.61 Å². The molecule has 21 heavy (non-hydrogen) atoms. The van der Waals surface area contributed by atoms with Gasteiger partial charge in [-0.2, -0.15) is 15.0 Å². The third kappa shape index (κ3) is 3.38. The highest BCUT2D eigenvalue weighted by Gasteiger charge is 2.18. The Morgan fingerprint density at radius 2 is 2.10 bits per heavy atom. The number of hydrogen-bond donors (Lipinski definition) is 1. The molecule has 0 aliphatic rings. The number of carbonyl (C=O) groups is 1. The molecule has 0 unspecified atom stereocenters. The zero-order chi connectivity index (χ0) is 15.4. The molecule has 0 saturated carbocycles. The number of carbonyl (C=O) groups excluding carboxylic acids is 1. The molecule has 2 N–H and O–H groups in total. The summed E-state index contributed by atoms with van der Waals surface area (Å²) in [4.78, 5) is 25.6. The first-order chi connectivity index (χ1) is 10.0. The van der Waals surface area contributed by atoms with Crippen molar-refractivity contribution in [1.82, 2.24) is 35.2 Å². The Balaban J connectivity index is 2.27. The molecule has 2 rings (SSSR count). The van der Waals surface area contributed by atoms with Gasteiger partial charge in [0.15, 0.2) is 5.82 Å². The zero-order valence-corrected chi connectivity index (χ0v) is 11.9. The molecule has 0 bridgehead atoms. The predicted octanol–water partition coefficient (Wildman–Crippen LogP) is -1.27. The van der Waals surface area contributed by atoms with Gasteiger partial charge in [-0.1, -0.05) is 0 Å². The first-order valence-electron chi connectivity index (χ1n) is 6.12. The normalized spacial score (nSPS) is 10.4. The molecule has 0 aliphatic heterocycles. The number of nitrogen functional groups attached to an aromatic ring is 1. The van der Waals surface area contributed by atoms with Crippen molar-refractivity contribution in [3.63, 3.8) is 0 Å². The smallest absolute Gasteiger partial charge is 0.378 e. The first kappa shape index (κ1) is 14.6. The van der Waals surface area contributed by atoms with E-state index in [9.17, 15) is 4.79 Å². The average Bonchev–Trinajstić information content (AvgIpc) is 2.86. The average molecular weight is 293 g/mol. The number of hydrogen-bond acceptors (Lipinski definition) is 10. The van der Waals surface area contributed by atoms with Crippen LogP contribution in [0.15, 0.2) is 0 Å². The molecular formula is C10H15N9O2. The van der Waals surface area contributed by atoms with Gasteiger partial charge in [-0.25, -0.2) is 9.48 Å². The van der Waals surface area contributed by atoms with Gasteiger partial charge in [0.1, 0.15) is 6.54 Å². The van der Waals surface area contributed by atoms with Crippen molar-refractivity contribution in [1.29, 1.82) is 0 Å². The molecular weight excluding hydrogens is 278 g/mol. The van der Waals surface area contributed by atoms with E-state index in [0.29, 0.717) is 11.8 Å². The second kappa shape index (κ2) is 6.07. The van der Waals surface area contributed by atoms with Crippen molar-refractivity contribution < 1.29 is 9.53 Å². The van der Waals surface area contributed by atoms with E-state index < -0.39 is 5.97 Å². The topological polar surface area (TPSA) is 138 Å². The van der Waals surface area contributed by atoms with Crippen molar-refractivity contribution >= 4 is 17.9 Å². The fourth-order valence-corrected chi connectivity index (χ4v) is 1.48. The van der Waals surface area contributed by atoms with Crippen molar-refractivity contribution in [2.24, 2.45) is 0 Å². The molecule has 0 atom stereocenters. The third-order valence-electron chi connectivity index (χ3n) is 2.37. The Hall–Kier alpha value is -2.85. The van der Waals surface area contributed by atoms with Crippen LogP contribution in [0.25, 0.3) is 0 Å². The number of anilines is 2. The minimum atomic E-state index is -0.614. The molecule has 11 nitrogen and oxygen atoms in total. The van der Waals surface area contributed by atoms with Crippen molar-refractivity contribution in [3.05, 3.63) is 11.6 Å². The molecule has 0 aromatic carbocycles. The quantitative estimate of drug-likeness (QED) is 0.664. The molecule has 2 aromatic rings. The van der Waals surface area contributed by atoms with Gasteiger partial charge in [0.2, 0.25) is 11.9 Å². The summed E-state index contributed by atoms with van der Waals surface area (Å²) in [5.41, 5.74) is 5.63. The van der Waals surface area contributed by atoms with Crippen LogP contribution < -0.4 is 10.6 Å². The highest BCUT2D eigenvalue weighted by molar-refractivity contribution is 5.85. The van der Waals surface area contributed by atoms with Crippen molar-refractivity contribution in [2.75, 3.05) is 31.3 Å². The number of rotatable bonds is 5. The van der Waals surface area contributed by atoms with Gasteiger partial charge in [0, 0.05) is 14.1 Å². The molecule has 2 heterocycles. The van der Waals surface area contributed by atoms with Crippen LogP contribution in [0.3, 0.4) is 0 Å². The fraction of sp³-hybridized carbons (Fsp3) is 0.500. The summed E-state index contributed by atoms with van der Waals surface area (Å²) in [5, 5.41) is 10.8. The maximum Gasteiger partial charge on any atom is 0.378 e. The molecule has 112 valence electrons. The molecule has 0 radical (unpaired) electrons. The summed E-state index contributed by atoms with van der Waals surface area (Å²) >= 11 is 0. The van der Waals surface area contributed by atoms with E-state index in [0.717, 1.165) is 0 Å². The van der Waals surface area contributed by atoms with E-state index in [2.05, 4.69) is 30.5 Å². The Kier molecular flexibility index (Phi) is 4.21. The van der Waals surface area contributed by atoms with E-state index in [-0.39, 0.29) is 24.9 Å². The van der Waals surface area contributed by atoms with Crippen molar-refractivity contribution in [2.45, 2.75) is 13.5 Å². The van der Waals surface area contributed by atoms with Gasteiger partial charge in [-0.05, 0) is 17.4 Å². The lowest BCUT2D eigenvalue weighted by Crippen LogP contribution is -2.19. The summed E-state index contributed by atoms with van der Waals surface area (Å²) in [6, 6.07) is 0. The van der Waals surface area contributed by atoms with Gasteiger partial charge >= 0.3 is 5.97 Å². The Morgan fingerprint density at radius 3 is 2.76 bits per heavy atom. The second-order valence-electron chi connectivity index (χ2n) is 4.18. The Bertz CT molecular complexity index is 639. The standard InChI is InChI=1S/C10H15N9O2/c1-4-21-8(20)7-15-16-17-19(7)5-6-12-9(11)14-10(13-6)18(2)3/h4-5H2,1-3H3,(H2,11,12,13,14). The largest absolute Gasteiger partial charge is 0.460 e. The van der Waals surface area contributed by atoms with Crippen LogP contribution in [-0.2, 0) is 11.3 Å². The van der Waals surface area contributed by atoms with Crippen molar-refractivity contribution in [3.8, 4) is 0 Å². The van der Waals surface area contributed by atoms with E-state index >= 15 is 0 Å². The lowest BCUT2D eigenvalue weighted by atomic mass is 10.5. The molecule has 2 aromatic heterocycles. The summed E-state index contributed by atoms with van der Waals surface area (Å²) in [6.45, 7) is 2.01. The van der Waals surface area contributed by atoms with E-state index in [4.69, 9.17) is 10.5 Å². The lowest BCUT2D eigenvalue weighted by molar-refractivity contribution is 0.0505. The molecule has 0 amide bonds. The van der Waals surface area contributed by atoms with Gasteiger partial charge in [-0.15, -0.1) is 5.10 Å². The molecule has 0 fully saturated rings. The minimum absolute atomic E-state index is 0.0257. The maximum absolute atomic E-state index is 11.7. The highest BCUT2D eigenvalue weighted by atomic mass is 16.5. The minimum Gasteiger partial charge on any atom is -0.460 e. The SMILES string of the molecule is CCOC(=O)c1nnnn1Cc1nc(N)nc(N(C)C)n1. The van der Waals surface area contributed by atoms with Crippen LogP contribution in [0.5, 0.6) is 0 Å². The van der Waals surface area contributed by atoms with Crippen LogP contribution in [-0.4, -0.2) is 61.8 Å². The Morgan fingerprint density at radius 1 is 1.33 bits per heavy atom. The number of aromatic nitrogens is 7. The number of ether oxygens (including phenoxy) is 1. The third-order valence-corrected chi connectivity index (χ3v) is 2.37. The van der Waals surface area contributed by atoms with Crippen LogP contribution in [0.4, 0.5) is 11.9 Å². The summed E-state index contributed by atoms with van der Waals surface area (Å²) < 4.78 is 6.10. The van der Waals surface area contributed by atoms with Crippen LogP contribution in [0, 0.1) is 0 Å². The molecule has 0 aliphatic carbocycles. The number of tetrazole rings is 1. The Labute approximate surface area is 120 Å². The first-order valence-corrected chi connectivity index (χ1v) is 6.12. The van der Waals surface area contributed by atoms with Gasteiger partial charge < -0.3 is 15.4 Å². The highest BCUT2D eigenvalue weighted by Crippen LogP contribution is 2.07. The predicted molar refractivity (Wildman–Crippen MR) is 71.4 cm³/mol. The number of nitrogens with zero attached hydrogens (tertiary/aromatic N) is 8. The number of nitrogens with two attached hydrogens (primary N) is 1. The maximum atomic E-state index is 11.7.